The Kier molecular flexibility index (Phi) is 6.91. The lowest BCUT2D eigenvalue weighted by atomic mass is 10.0. The fourth-order valence-electron chi connectivity index (χ4n) is 1.95. The predicted molar refractivity (Wildman–Crippen MR) is 75.2 cm³/mol. The molecule has 0 aliphatic heterocycles. The van der Waals surface area contributed by atoms with Crippen molar-refractivity contribution < 1.29 is 4.39 Å². The summed E-state index contributed by atoms with van der Waals surface area (Å²) in [4.78, 5) is 2.16. The van der Waals surface area contributed by atoms with E-state index in [9.17, 15) is 4.39 Å². The van der Waals surface area contributed by atoms with Crippen molar-refractivity contribution in [3.8, 4) is 0 Å². The van der Waals surface area contributed by atoms with E-state index in [1.54, 1.807) is 12.1 Å². The van der Waals surface area contributed by atoms with Crippen molar-refractivity contribution in [3.05, 3.63) is 35.6 Å². The molecule has 18 heavy (non-hydrogen) atoms. The van der Waals surface area contributed by atoms with Crippen molar-refractivity contribution in [2.45, 2.75) is 32.2 Å². The summed E-state index contributed by atoms with van der Waals surface area (Å²) >= 11 is 0. The van der Waals surface area contributed by atoms with Crippen LogP contribution in [-0.4, -0.2) is 32.1 Å². The first kappa shape index (κ1) is 15.1. The first-order valence-corrected chi connectivity index (χ1v) is 6.77. The van der Waals surface area contributed by atoms with Crippen LogP contribution in [0.2, 0.25) is 0 Å². The molecule has 0 saturated heterocycles. The molecule has 0 heterocycles. The first-order valence-electron chi connectivity index (χ1n) is 6.77. The average Bonchev–Trinajstić information content (AvgIpc) is 2.34. The molecule has 1 unspecified atom stereocenters. The molecule has 0 fully saturated rings. The lowest BCUT2D eigenvalue weighted by molar-refractivity contribution is 0.376. The molecule has 1 aromatic rings. The average molecular weight is 252 g/mol. The van der Waals surface area contributed by atoms with E-state index in [4.69, 9.17) is 0 Å². The van der Waals surface area contributed by atoms with Crippen LogP contribution < -0.4 is 5.32 Å². The van der Waals surface area contributed by atoms with Crippen molar-refractivity contribution in [1.82, 2.24) is 10.2 Å². The minimum absolute atomic E-state index is 0.165. The van der Waals surface area contributed by atoms with Crippen molar-refractivity contribution in [2.75, 3.05) is 27.2 Å². The predicted octanol–water partition coefficient (Wildman–Crippen LogP) is 3.21. The van der Waals surface area contributed by atoms with Crippen LogP contribution >= 0.6 is 0 Å². The van der Waals surface area contributed by atoms with E-state index < -0.39 is 0 Å². The van der Waals surface area contributed by atoms with Gasteiger partial charge in [-0.1, -0.05) is 31.9 Å². The van der Waals surface area contributed by atoms with Crippen LogP contribution in [0.25, 0.3) is 0 Å². The summed E-state index contributed by atoms with van der Waals surface area (Å²) in [5, 5.41) is 3.56. The quantitative estimate of drug-likeness (QED) is 0.764. The Labute approximate surface area is 110 Å². The van der Waals surface area contributed by atoms with Crippen molar-refractivity contribution >= 4 is 0 Å². The molecule has 0 spiro atoms. The highest BCUT2D eigenvalue weighted by Gasteiger charge is 2.10. The van der Waals surface area contributed by atoms with Gasteiger partial charge in [0.25, 0.3) is 0 Å². The minimum atomic E-state index is -0.165. The van der Waals surface area contributed by atoms with Gasteiger partial charge in [0.15, 0.2) is 0 Å². The molecule has 1 rings (SSSR count). The Morgan fingerprint density at radius 1 is 1.22 bits per heavy atom. The summed E-state index contributed by atoms with van der Waals surface area (Å²) in [5.74, 6) is -0.165. The van der Waals surface area contributed by atoms with Crippen molar-refractivity contribution in [1.29, 1.82) is 0 Å². The normalized spacial score (nSPS) is 12.9. The Bertz CT molecular complexity index is 322. The van der Waals surface area contributed by atoms with Gasteiger partial charge in [-0.15, -0.1) is 0 Å². The lowest BCUT2D eigenvalue weighted by Gasteiger charge is -2.20. The Morgan fingerprint density at radius 3 is 2.44 bits per heavy atom. The summed E-state index contributed by atoms with van der Waals surface area (Å²) in [6.07, 6.45) is 3.49. The molecule has 0 radical (unpaired) electrons. The van der Waals surface area contributed by atoms with Gasteiger partial charge in [0.2, 0.25) is 0 Å². The third-order valence-electron chi connectivity index (χ3n) is 3.07. The molecular weight excluding hydrogens is 227 g/mol. The molecule has 0 saturated carbocycles. The van der Waals surface area contributed by atoms with Gasteiger partial charge in [0.05, 0.1) is 0 Å². The van der Waals surface area contributed by atoms with E-state index >= 15 is 0 Å². The van der Waals surface area contributed by atoms with Gasteiger partial charge in [-0.25, -0.2) is 4.39 Å². The van der Waals surface area contributed by atoms with Crippen LogP contribution in [0.3, 0.4) is 0 Å². The number of hydrogen-bond donors (Lipinski definition) is 1. The van der Waals surface area contributed by atoms with E-state index in [0.717, 1.165) is 19.5 Å². The maximum atomic E-state index is 12.9. The maximum Gasteiger partial charge on any atom is 0.123 e. The van der Waals surface area contributed by atoms with Gasteiger partial charge in [-0.3, -0.25) is 0 Å². The number of unbranched alkanes of at least 4 members (excludes halogenated alkanes) is 1. The zero-order valence-corrected chi connectivity index (χ0v) is 11.7. The molecule has 2 nitrogen and oxygen atoms in total. The van der Waals surface area contributed by atoms with Gasteiger partial charge in [-0.05, 0) is 38.2 Å². The molecule has 3 heteroatoms. The number of hydrogen-bond acceptors (Lipinski definition) is 2. The molecule has 1 atom stereocenters. The molecule has 0 bridgehead atoms. The SMILES string of the molecule is CCCCC(NCCN(C)C)c1ccc(F)cc1. The zero-order chi connectivity index (χ0) is 13.4. The third kappa shape index (κ3) is 5.61. The molecule has 1 N–H and O–H groups in total. The first-order chi connectivity index (χ1) is 8.63. The number of halogens is 1. The van der Waals surface area contributed by atoms with E-state index in [-0.39, 0.29) is 5.82 Å². The molecule has 102 valence electrons. The van der Waals surface area contributed by atoms with Crippen LogP contribution in [0.1, 0.15) is 37.8 Å². The van der Waals surface area contributed by atoms with Crippen LogP contribution in [-0.2, 0) is 0 Å². The summed E-state index contributed by atoms with van der Waals surface area (Å²) in [7, 11) is 4.14. The standard InChI is InChI=1S/C15H25FN2/c1-4-5-6-15(17-11-12-18(2)3)13-7-9-14(16)10-8-13/h7-10,15,17H,4-6,11-12H2,1-3H3. The number of nitrogens with one attached hydrogen (secondary N) is 1. The highest BCUT2D eigenvalue weighted by molar-refractivity contribution is 5.19. The number of likely N-dealkylation sites (N-methyl/N-ethyl adjacent to an activating group) is 1. The van der Waals surface area contributed by atoms with Crippen LogP contribution in [0.15, 0.2) is 24.3 Å². The maximum absolute atomic E-state index is 12.9. The molecule has 0 aliphatic carbocycles. The molecular formula is C15H25FN2. The van der Waals surface area contributed by atoms with E-state index in [0.29, 0.717) is 6.04 Å². The second-order valence-electron chi connectivity index (χ2n) is 5.00. The summed E-state index contributed by atoms with van der Waals surface area (Å²) in [6, 6.07) is 7.20. The molecule has 0 amide bonds. The second-order valence-corrected chi connectivity index (χ2v) is 5.00. The Balaban J connectivity index is 2.56. The molecule has 0 aromatic heterocycles. The number of rotatable bonds is 8. The van der Waals surface area contributed by atoms with Gasteiger partial charge < -0.3 is 10.2 Å². The summed E-state index contributed by atoms with van der Waals surface area (Å²) < 4.78 is 12.9. The van der Waals surface area contributed by atoms with Crippen LogP contribution in [0.4, 0.5) is 4.39 Å². The van der Waals surface area contributed by atoms with Crippen molar-refractivity contribution in [3.63, 3.8) is 0 Å². The number of nitrogens with zero attached hydrogens (tertiary/aromatic N) is 1. The van der Waals surface area contributed by atoms with Gasteiger partial charge >= 0.3 is 0 Å². The second kappa shape index (κ2) is 8.22. The fraction of sp³-hybridized carbons (Fsp3) is 0.600. The topological polar surface area (TPSA) is 15.3 Å². The van der Waals surface area contributed by atoms with Gasteiger partial charge in [0.1, 0.15) is 5.82 Å². The van der Waals surface area contributed by atoms with E-state index in [1.165, 1.54) is 18.4 Å². The minimum Gasteiger partial charge on any atom is -0.309 e. The smallest absolute Gasteiger partial charge is 0.123 e. The van der Waals surface area contributed by atoms with Crippen LogP contribution in [0.5, 0.6) is 0 Å². The van der Waals surface area contributed by atoms with Crippen molar-refractivity contribution in [2.24, 2.45) is 0 Å². The lowest BCUT2D eigenvalue weighted by Crippen LogP contribution is -2.29. The largest absolute Gasteiger partial charge is 0.309 e. The Hall–Kier alpha value is -0.930. The van der Waals surface area contributed by atoms with Gasteiger partial charge in [-0.2, -0.15) is 0 Å². The highest BCUT2D eigenvalue weighted by Crippen LogP contribution is 2.19. The van der Waals surface area contributed by atoms with Gasteiger partial charge in [0, 0.05) is 19.1 Å². The van der Waals surface area contributed by atoms with E-state index in [1.807, 2.05) is 12.1 Å². The Morgan fingerprint density at radius 2 is 1.89 bits per heavy atom. The highest BCUT2D eigenvalue weighted by atomic mass is 19.1. The third-order valence-corrected chi connectivity index (χ3v) is 3.07. The summed E-state index contributed by atoms with van der Waals surface area (Å²) in [5.41, 5.74) is 1.18. The fourth-order valence-corrected chi connectivity index (χ4v) is 1.95. The number of benzene rings is 1. The molecule has 1 aromatic carbocycles. The monoisotopic (exact) mass is 252 g/mol. The summed E-state index contributed by atoms with van der Waals surface area (Å²) in [6.45, 7) is 4.17. The van der Waals surface area contributed by atoms with E-state index in [2.05, 4.69) is 31.2 Å². The van der Waals surface area contributed by atoms with Crippen LogP contribution in [0, 0.1) is 5.82 Å². The molecule has 0 aliphatic rings. The zero-order valence-electron chi connectivity index (χ0n) is 11.7.